The second-order valence-corrected chi connectivity index (χ2v) is 4.62. The van der Waals surface area contributed by atoms with Gasteiger partial charge in [-0.25, -0.2) is 0 Å². The predicted octanol–water partition coefficient (Wildman–Crippen LogP) is 2.24. The fraction of sp³-hybridized carbons (Fsp3) is 0.538. The number of hydrogen-bond donors (Lipinski definition) is 1. The summed E-state index contributed by atoms with van der Waals surface area (Å²) in [7, 11) is 0. The van der Waals surface area contributed by atoms with Crippen LogP contribution >= 0.6 is 0 Å². The molecule has 0 radical (unpaired) electrons. The van der Waals surface area contributed by atoms with Crippen LogP contribution in [-0.2, 0) is 6.42 Å². The molecule has 1 heterocycles. The summed E-state index contributed by atoms with van der Waals surface area (Å²) in [5.41, 5.74) is 1.32. The highest BCUT2D eigenvalue weighted by Gasteiger charge is 2.18. The Bertz CT molecular complexity index is 322. The maximum atomic E-state index is 5.71. The van der Waals surface area contributed by atoms with Crippen LogP contribution in [0.3, 0.4) is 0 Å². The maximum Gasteiger partial charge on any atom is 0.122 e. The molecule has 2 nitrogen and oxygen atoms in total. The van der Waals surface area contributed by atoms with E-state index in [1.54, 1.807) is 0 Å². The molecule has 15 heavy (non-hydrogen) atoms. The highest BCUT2D eigenvalue weighted by Crippen LogP contribution is 2.23. The van der Waals surface area contributed by atoms with Crippen LogP contribution in [0.4, 0.5) is 0 Å². The minimum atomic E-state index is 0.474. The molecule has 0 amide bonds. The van der Waals surface area contributed by atoms with E-state index in [1.165, 1.54) is 5.56 Å². The van der Waals surface area contributed by atoms with Crippen molar-refractivity contribution in [1.82, 2.24) is 5.32 Å². The zero-order valence-corrected chi connectivity index (χ0v) is 9.49. The highest BCUT2D eigenvalue weighted by atomic mass is 16.5. The van der Waals surface area contributed by atoms with Crippen molar-refractivity contribution in [2.75, 3.05) is 13.2 Å². The second-order valence-electron chi connectivity index (χ2n) is 4.62. The van der Waals surface area contributed by atoms with Crippen LogP contribution in [0.5, 0.6) is 5.75 Å². The molecule has 1 aliphatic heterocycles. The van der Waals surface area contributed by atoms with E-state index in [-0.39, 0.29) is 0 Å². The Morgan fingerprint density at radius 3 is 3.00 bits per heavy atom. The van der Waals surface area contributed by atoms with Crippen LogP contribution in [0.25, 0.3) is 0 Å². The van der Waals surface area contributed by atoms with Gasteiger partial charge in [-0.3, -0.25) is 0 Å². The number of nitrogens with one attached hydrogen (secondary N) is 1. The van der Waals surface area contributed by atoms with Crippen molar-refractivity contribution >= 4 is 0 Å². The summed E-state index contributed by atoms with van der Waals surface area (Å²) >= 11 is 0. The molecule has 0 aromatic heterocycles. The Kier molecular flexibility index (Phi) is 3.27. The van der Waals surface area contributed by atoms with Gasteiger partial charge in [-0.1, -0.05) is 32.0 Å². The molecule has 1 unspecified atom stereocenters. The third-order valence-electron chi connectivity index (χ3n) is 2.69. The van der Waals surface area contributed by atoms with E-state index in [0.29, 0.717) is 12.0 Å². The molecule has 0 saturated heterocycles. The van der Waals surface area contributed by atoms with Gasteiger partial charge in [0, 0.05) is 6.04 Å². The summed E-state index contributed by atoms with van der Waals surface area (Å²) in [5, 5.41) is 3.54. The van der Waals surface area contributed by atoms with E-state index in [4.69, 9.17) is 4.74 Å². The minimum absolute atomic E-state index is 0.474. The lowest BCUT2D eigenvalue weighted by atomic mass is 10.0. The van der Waals surface area contributed by atoms with Crippen molar-refractivity contribution in [1.29, 1.82) is 0 Å². The number of ether oxygens (including phenoxy) is 1. The van der Waals surface area contributed by atoms with Gasteiger partial charge in [-0.2, -0.15) is 0 Å². The first kappa shape index (κ1) is 10.5. The van der Waals surface area contributed by atoms with Crippen molar-refractivity contribution in [2.45, 2.75) is 26.3 Å². The van der Waals surface area contributed by atoms with Gasteiger partial charge in [-0.15, -0.1) is 0 Å². The average Bonchev–Trinajstić information content (AvgIpc) is 2.26. The van der Waals surface area contributed by atoms with Gasteiger partial charge in [0.1, 0.15) is 12.4 Å². The van der Waals surface area contributed by atoms with Crippen LogP contribution in [0.1, 0.15) is 19.4 Å². The standard InChI is InChI=1S/C13H19NO/c1-10(2)8-14-12-7-11-5-3-4-6-13(11)15-9-12/h3-6,10,12,14H,7-9H2,1-2H3. The van der Waals surface area contributed by atoms with E-state index >= 15 is 0 Å². The van der Waals surface area contributed by atoms with Crippen molar-refractivity contribution in [3.8, 4) is 5.75 Å². The molecule has 1 aromatic carbocycles. The third kappa shape index (κ3) is 2.72. The lowest BCUT2D eigenvalue weighted by Crippen LogP contribution is -2.40. The lowest BCUT2D eigenvalue weighted by molar-refractivity contribution is 0.235. The first-order chi connectivity index (χ1) is 7.25. The van der Waals surface area contributed by atoms with Gasteiger partial charge in [0.15, 0.2) is 0 Å². The Hall–Kier alpha value is -1.02. The van der Waals surface area contributed by atoms with Crippen LogP contribution in [0.2, 0.25) is 0 Å². The van der Waals surface area contributed by atoms with E-state index in [1.807, 2.05) is 12.1 Å². The molecule has 0 bridgehead atoms. The first-order valence-corrected chi connectivity index (χ1v) is 5.70. The summed E-state index contributed by atoms with van der Waals surface area (Å²) < 4.78 is 5.71. The smallest absolute Gasteiger partial charge is 0.122 e. The van der Waals surface area contributed by atoms with Gasteiger partial charge in [0.05, 0.1) is 0 Å². The Morgan fingerprint density at radius 1 is 1.40 bits per heavy atom. The molecule has 82 valence electrons. The van der Waals surface area contributed by atoms with Crippen molar-refractivity contribution in [3.05, 3.63) is 29.8 Å². The van der Waals surface area contributed by atoms with Gasteiger partial charge in [0.25, 0.3) is 0 Å². The molecule has 0 spiro atoms. The van der Waals surface area contributed by atoms with Gasteiger partial charge in [-0.05, 0) is 30.5 Å². The number of benzene rings is 1. The molecule has 1 aromatic rings. The lowest BCUT2D eigenvalue weighted by Gasteiger charge is -2.26. The monoisotopic (exact) mass is 205 g/mol. The van der Waals surface area contributed by atoms with E-state index in [9.17, 15) is 0 Å². The second kappa shape index (κ2) is 4.67. The third-order valence-corrected chi connectivity index (χ3v) is 2.69. The number of hydrogen-bond acceptors (Lipinski definition) is 2. The van der Waals surface area contributed by atoms with Gasteiger partial charge >= 0.3 is 0 Å². The SMILES string of the molecule is CC(C)CNC1COc2ccccc2C1. The zero-order chi connectivity index (χ0) is 10.7. The molecule has 1 aliphatic rings. The summed E-state index contributed by atoms with van der Waals surface area (Å²) in [6.07, 6.45) is 1.09. The Labute approximate surface area is 91.6 Å². The van der Waals surface area contributed by atoms with E-state index in [0.717, 1.165) is 25.3 Å². The molecule has 0 fully saturated rings. The molecule has 2 rings (SSSR count). The quantitative estimate of drug-likeness (QED) is 0.817. The number of fused-ring (bicyclic) bond motifs is 1. The van der Waals surface area contributed by atoms with Crippen LogP contribution < -0.4 is 10.1 Å². The maximum absolute atomic E-state index is 5.71. The van der Waals surface area contributed by atoms with Gasteiger partial charge in [0.2, 0.25) is 0 Å². The molecule has 1 atom stereocenters. The van der Waals surface area contributed by atoms with Gasteiger partial charge < -0.3 is 10.1 Å². The average molecular weight is 205 g/mol. The van der Waals surface area contributed by atoms with E-state index in [2.05, 4.69) is 31.3 Å². The summed E-state index contributed by atoms with van der Waals surface area (Å²) in [5.74, 6) is 1.75. The van der Waals surface area contributed by atoms with Crippen LogP contribution in [0, 0.1) is 5.92 Å². The fourth-order valence-electron chi connectivity index (χ4n) is 1.86. The Balaban J connectivity index is 1.94. The minimum Gasteiger partial charge on any atom is -0.492 e. The number of para-hydroxylation sites is 1. The normalized spacial score (nSPS) is 19.8. The molecule has 0 saturated carbocycles. The first-order valence-electron chi connectivity index (χ1n) is 5.70. The van der Waals surface area contributed by atoms with Crippen molar-refractivity contribution in [2.24, 2.45) is 5.92 Å². The van der Waals surface area contributed by atoms with E-state index < -0.39 is 0 Å². The highest BCUT2D eigenvalue weighted by molar-refractivity contribution is 5.35. The summed E-state index contributed by atoms with van der Waals surface area (Å²) in [6, 6.07) is 8.78. The molecule has 2 heteroatoms. The largest absolute Gasteiger partial charge is 0.492 e. The molecule has 1 N–H and O–H groups in total. The number of rotatable bonds is 3. The summed E-state index contributed by atoms with van der Waals surface area (Å²) in [6.45, 7) is 6.31. The van der Waals surface area contributed by atoms with Crippen molar-refractivity contribution in [3.63, 3.8) is 0 Å². The molecular formula is C13H19NO. The van der Waals surface area contributed by atoms with Crippen LogP contribution in [-0.4, -0.2) is 19.2 Å². The Morgan fingerprint density at radius 2 is 2.20 bits per heavy atom. The summed E-state index contributed by atoms with van der Waals surface area (Å²) in [4.78, 5) is 0. The molecule has 0 aliphatic carbocycles. The van der Waals surface area contributed by atoms with Crippen LogP contribution in [0.15, 0.2) is 24.3 Å². The topological polar surface area (TPSA) is 21.3 Å². The predicted molar refractivity (Wildman–Crippen MR) is 62.3 cm³/mol. The fourth-order valence-corrected chi connectivity index (χ4v) is 1.86. The zero-order valence-electron chi connectivity index (χ0n) is 9.49. The van der Waals surface area contributed by atoms with Crippen molar-refractivity contribution < 1.29 is 4.74 Å². The molecular weight excluding hydrogens is 186 g/mol.